The molecule has 2 aromatic carbocycles. The third-order valence-corrected chi connectivity index (χ3v) is 6.55. The van der Waals surface area contributed by atoms with E-state index in [1.54, 1.807) is 67.6 Å². The first-order chi connectivity index (χ1) is 16.9. The molecule has 1 aliphatic rings. The van der Waals surface area contributed by atoms with Gasteiger partial charge in [0, 0.05) is 5.56 Å². The normalized spacial score (nSPS) is 16.9. The van der Waals surface area contributed by atoms with Crippen LogP contribution in [0.15, 0.2) is 72.8 Å². The van der Waals surface area contributed by atoms with Crippen LogP contribution in [0, 0.1) is 6.92 Å². The number of hydrogen-bond acceptors (Lipinski definition) is 8. The molecule has 1 fully saturated rings. The molecule has 0 spiro atoms. The summed E-state index contributed by atoms with van der Waals surface area (Å²) in [4.78, 5) is 44.4. The van der Waals surface area contributed by atoms with E-state index in [1.165, 1.54) is 12.0 Å². The highest BCUT2D eigenvalue weighted by atomic mass is 32.1. The topological polar surface area (TPSA) is 106 Å². The SMILES string of the molecule is C=CCOc1ccc(C2/C(=C(\O)c3ccccc3)C(=O)C(=O)N2c2nc(C)c(C(=O)OC)s2)cc1. The van der Waals surface area contributed by atoms with Crippen LogP contribution in [-0.4, -0.2) is 41.5 Å². The summed E-state index contributed by atoms with van der Waals surface area (Å²) in [5.41, 5.74) is 1.24. The van der Waals surface area contributed by atoms with Gasteiger partial charge in [-0.3, -0.25) is 14.5 Å². The van der Waals surface area contributed by atoms with Crippen molar-refractivity contribution >= 4 is 39.9 Å². The Kier molecular flexibility index (Phi) is 6.79. The van der Waals surface area contributed by atoms with Crippen molar-refractivity contribution in [2.24, 2.45) is 0 Å². The number of amides is 1. The Morgan fingerprint density at radius 1 is 1.17 bits per heavy atom. The van der Waals surface area contributed by atoms with Crippen molar-refractivity contribution in [2.45, 2.75) is 13.0 Å². The molecule has 1 N–H and O–H groups in total. The molecule has 0 bridgehead atoms. The van der Waals surface area contributed by atoms with E-state index in [9.17, 15) is 19.5 Å². The number of rotatable bonds is 7. The number of hydrogen-bond donors (Lipinski definition) is 1. The molecular weight excluding hydrogens is 468 g/mol. The predicted octanol–water partition coefficient (Wildman–Crippen LogP) is 4.43. The number of aliphatic hydroxyl groups is 1. The van der Waals surface area contributed by atoms with E-state index in [1.807, 2.05) is 0 Å². The van der Waals surface area contributed by atoms with Gasteiger partial charge in [-0.05, 0) is 24.6 Å². The fraction of sp³-hybridized carbons (Fsp3) is 0.154. The zero-order valence-electron chi connectivity index (χ0n) is 19.1. The molecule has 4 rings (SSSR count). The number of aryl methyl sites for hydroxylation is 1. The molecule has 1 saturated heterocycles. The Bertz CT molecular complexity index is 1330. The minimum atomic E-state index is -0.972. The van der Waals surface area contributed by atoms with Crippen molar-refractivity contribution < 1.29 is 29.0 Å². The molecule has 8 nitrogen and oxygen atoms in total. The maximum absolute atomic E-state index is 13.2. The molecule has 35 heavy (non-hydrogen) atoms. The number of benzene rings is 2. The van der Waals surface area contributed by atoms with Crippen molar-refractivity contribution in [1.82, 2.24) is 4.98 Å². The van der Waals surface area contributed by atoms with Gasteiger partial charge in [-0.25, -0.2) is 9.78 Å². The fourth-order valence-corrected chi connectivity index (χ4v) is 4.78. The van der Waals surface area contributed by atoms with Gasteiger partial charge in [-0.2, -0.15) is 0 Å². The monoisotopic (exact) mass is 490 g/mol. The number of aromatic nitrogens is 1. The lowest BCUT2D eigenvalue weighted by Gasteiger charge is -2.23. The van der Waals surface area contributed by atoms with Crippen molar-refractivity contribution in [1.29, 1.82) is 0 Å². The van der Waals surface area contributed by atoms with E-state index in [-0.39, 0.29) is 21.3 Å². The number of Topliss-reactive ketones (excluding diaryl/α,β-unsaturated/α-hetero) is 1. The number of anilines is 1. The van der Waals surface area contributed by atoms with E-state index in [0.29, 0.717) is 29.2 Å². The summed E-state index contributed by atoms with van der Waals surface area (Å²) in [7, 11) is 1.25. The lowest BCUT2D eigenvalue weighted by atomic mass is 9.95. The highest BCUT2D eigenvalue weighted by molar-refractivity contribution is 7.17. The van der Waals surface area contributed by atoms with Crippen LogP contribution < -0.4 is 9.64 Å². The average Bonchev–Trinajstić information content (AvgIpc) is 3.39. The quantitative estimate of drug-likeness (QED) is 0.172. The van der Waals surface area contributed by atoms with Gasteiger partial charge in [0.25, 0.3) is 5.78 Å². The molecule has 178 valence electrons. The first kappa shape index (κ1) is 23.9. The van der Waals surface area contributed by atoms with Crippen LogP contribution in [0.4, 0.5) is 5.13 Å². The van der Waals surface area contributed by atoms with Gasteiger partial charge < -0.3 is 14.6 Å². The standard InChI is InChI=1S/C26H22N2O6S/c1-4-14-34-18-12-10-16(11-13-18)20-19(21(29)17-8-6-5-7-9-17)22(30)24(31)28(20)26-27-15(2)23(35-26)25(32)33-3/h4-13,20,29H,1,14H2,2-3H3/b21-19+. The van der Waals surface area contributed by atoms with Gasteiger partial charge >= 0.3 is 11.9 Å². The van der Waals surface area contributed by atoms with Crippen LogP contribution >= 0.6 is 11.3 Å². The summed E-state index contributed by atoms with van der Waals surface area (Å²) in [6.45, 7) is 5.56. The number of ketones is 1. The first-order valence-electron chi connectivity index (χ1n) is 10.6. The van der Waals surface area contributed by atoms with Crippen molar-refractivity contribution in [3.63, 3.8) is 0 Å². The second-order valence-electron chi connectivity index (χ2n) is 7.61. The van der Waals surface area contributed by atoms with Crippen LogP contribution in [0.3, 0.4) is 0 Å². The molecule has 0 aliphatic carbocycles. The van der Waals surface area contributed by atoms with Crippen molar-refractivity contribution in [3.8, 4) is 5.75 Å². The molecule has 1 aromatic heterocycles. The largest absolute Gasteiger partial charge is 0.507 e. The fourth-order valence-electron chi connectivity index (χ4n) is 3.77. The number of carbonyl (C=O) groups is 3. The van der Waals surface area contributed by atoms with Gasteiger partial charge in [0.1, 0.15) is 23.0 Å². The lowest BCUT2D eigenvalue weighted by molar-refractivity contribution is -0.132. The van der Waals surface area contributed by atoms with E-state index >= 15 is 0 Å². The molecule has 1 atom stereocenters. The third-order valence-electron chi connectivity index (χ3n) is 5.42. The highest BCUT2D eigenvalue weighted by Gasteiger charge is 2.48. The maximum Gasteiger partial charge on any atom is 0.350 e. The Morgan fingerprint density at radius 3 is 2.49 bits per heavy atom. The molecule has 0 saturated carbocycles. The zero-order valence-corrected chi connectivity index (χ0v) is 19.9. The highest BCUT2D eigenvalue weighted by Crippen LogP contribution is 2.44. The zero-order chi connectivity index (χ0) is 25.1. The minimum absolute atomic E-state index is 0.0755. The second-order valence-corrected chi connectivity index (χ2v) is 8.58. The lowest BCUT2D eigenvalue weighted by Crippen LogP contribution is -2.29. The number of carbonyl (C=O) groups excluding carboxylic acids is 3. The van der Waals surface area contributed by atoms with Crippen LogP contribution in [-0.2, 0) is 14.3 Å². The molecule has 2 heterocycles. The van der Waals surface area contributed by atoms with Crippen LogP contribution in [0.25, 0.3) is 5.76 Å². The number of esters is 1. The van der Waals surface area contributed by atoms with Gasteiger partial charge in [0.2, 0.25) is 0 Å². The Hall–Kier alpha value is -4.24. The van der Waals surface area contributed by atoms with Gasteiger partial charge in [0.15, 0.2) is 5.13 Å². The van der Waals surface area contributed by atoms with Crippen LogP contribution in [0.1, 0.15) is 32.5 Å². The molecule has 1 unspecified atom stereocenters. The number of ether oxygens (including phenoxy) is 2. The van der Waals surface area contributed by atoms with Crippen molar-refractivity contribution in [2.75, 3.05) is 18.6 Å². The molecule has 1 aliphatic heterocycles. The van der Waals surface area contributed by atoms with E-state index in [4.69, 9.17) is 9.47 Å². The summed E-state index contributed by atoms with van der Waals surface area (Å²) in [6.07, 6.45) is 1.62. The average molecular weight is 491 g/mol. The summed E-state index contributed by atoms with van der Waals surface area (Å²) in [6, 6.07) is 14.4. The smallest absolute Gasteiger partial charge is 0.350 e. The van der Waals surface area contributed by atoms with E-state index < -0.39 is 23.7 Å². The Balaban J connectivity index is 1.88. The predicted molar refractivity (Wildman–Crippen MR) is 132 cm³/mol. The molecule has 1 amide bonds. The molecule has 0 radical (unpaired) electrons. The van der Waals surface area contributed by atoms with Gasteiger partial charge in [0.05, 0.1) is 24.4 Å². The van der Waals surface area contributed by atoms with Gasteiger partial charge in [-0.15, -0.1) is 0 Å². The Labute approximate surface area is 205 Å². The van der Waals surface area contributed by atoms with E-state index in [2.05, 4.69) is 11.6 Å². The Morgan fingerprint density at radius 2 is 1.86 bits per heavy atom. The molecular formula is C26H22N2O6S. The van der Waals surface area contributed by atoms with Crippen LogP contribution in [0.5, 0.6) is 5.75 Å². The number of thiazole rings is 1. The minimum Gasteiger partial charge on any atom is -0.507 e. The number of nitrogens with zero attached hydrogens (tertiary/aromatic N) is 2. The first-order valence-corrected chi connectivity index (χ1v) is 11.4. The van der Waals surface area contributed by atoms with Crippen molar-refractivity contribution in [3.05, 3.63) is 94.5 Å². The number of methoxy groups -OCH3 is 1. The second kappa shape index (κ2) is 9.94. The molecule has 3 aromatic rings. The third kappa shape index (κ3) is 4.45. The summed E-state index contributed by atoms with van der Waals surface area (Å²) in [5, 5.41) is 11.3. The number of aliphatic hydroxyl groups excluding tert-OH is 1. The summed E-state index contributed by atoms with van der Waals surface area (Å²) in [5.74, 6) is -2.02. The molecule has 9 heteroatoms. The van der Waals surface area contributed by atoms with Gasteiger partial charge in [-0.1, -0.05) is 66.5 Å². The summed E-state index contributed by atoms with van der Waals surface area (Å²) >= 11 is 0.945. The van der Waals surface area contributed by atoms with Crippen LogP contribution in [0.2, 0.25) is 0 Å². The maximum atomic E-state index is 13.2. The van der Waals surface area contributed by atoms with E-state index in [0.717, 1.165) is 11.3 Å². The summed E-state index contributed by atoms with van der Waals surface area (Å²) < 4.78 is 10.3.